The third-order valence-corrected chi connectivity index (χ3v) is 2.51. The van der Waals surface area contributed by atoms with Crippen LogP contribution >= 0.6 is 0 Å². The zero-order valence-corrected chi connectivity index (χ0v) is 8.84. The first-order valence-electron chi connectivity index (χ1n) is 5.15. The second kappa shape index (κ2) is 3.94. The Kier molecular flexibility index (Phi) is 2.73. The van der Waals surface area contributed by atoms with Crippen LogP contribution < -0.4 is 11.1 Å². The summed E-state index contributed by atoms with van der Waals surface area (Å²) >= 11 is 0. The first kappa shape index (κ1) is 11.8. The number of carbonyl (C=O) groups excluding carboxylic acids is 1. The van der Waals surface area contributed by atoms with Gasteiger partial charge in [-0.1, -0.05) is 0 Å². The van der Waals surface area contributed by atoms with Gasteiger partial charge in [-0.3, -0.25) is 4.79 Å². The molecule has 0 aromatic heterocycles. The number of carbonyl (C=O) groups is 1. The van der Waals surface area contributed by atoms with E-state index in [1.807, 2.05) is 0 Å². The van der Waals surface area contributed by atoms with Gasteiger partial charge in [-0.05, 0) is 31.0 Å². The van der Waals surface area contributed by atoms with Crippen molar-refractivity contribution >= 4 is 11.6 Å². The Hall–Kier alpha value is -1.72. The summed E-state index contributed by atoms with van der Waals surface area (Å²) in [7, 11) is 0. The molecule has 92 valence electrons. The zero-order chi connectivity index (χ0) is 12.6. The van der Waals surface area contributed by atoms with Crippen molar-refractivity contribution in [2.24, 2.45) is 0 Å². The number of benzene rings is 1. The van der Waals surface area contributed by atoms with E-state index in [9.17, 15) is 18.0 Å². The smallest absolute Gasteiger partial charge is 0.399 e. The Bertz CT molecular complexity index is 453. The van der Waals surface area contributed by atoms with E-state index < -0.39 is 23.2 Å². The summed E-state index contributed by atoms with van der Waals surface area (Å²) in [5, 5.41) is 2.52. The van der Waals surface area contributed by atoms with Gasteiger partial charge in [0.05, 0.1) is 11.1 Å². The zero-order valence-electron chi connectivity index (χ0n) is 8.84. The Morgan fingerprint density at radius 2 is 2.00 bits per heavy atom. The van der Waals surface area contributed by atoms with Crippen LogP contribution in [-0.4, -0.2) is 11.9 Å². The molecule has 17 heavy (non-hydrogen) atoms. The fourth-order valence-corrected chi connectivity index (χ4v) is 1.49. The highest BCUT2D eigenvalue weighted by Gasteiger charge is 2.36. The number of amides is 1. The van der Waals surface area contributed by atoms with E-state index in [-0.39, 0.29) is 11.7 Å². The molecule has 3 N–H and O–H groups in total. The summed E-state index contributed by atoms with van der Waals surface area (Å²) in [6, 6.07) is 3.03. The Morgan fingerprint density at radius 1 is 1.35 bits per heavy atom. The molecule has 0 unspecified atom stereocenters. The maximum Gasteiger partial charge on any atom is 0.417 e. The number of halogens is 3. The van der Waals surface area contributed by atoms with Crippen molar-refractivity contribution in [2.45, 2.75) is 25.1 Å². The minimum atomic E-state index is -4.55. The Morgan fingerprint density at radius 3 is 2.53 bits per heavy atom. The van der Waals surface area contributed by atoms with Gasteiger partial charge in [0.25, 0.3) is 5.91 Å². The quantitative estimate of drug-likeness (QED) is 0.783. The molecule has 0 radical (unpaired) electrons. The first-order chi connectivity index (χ1) is 7.88. The maximum atomic E-state index is 12.7. The van der Waals surface area contributed by atoms with Crippen LogP contribution in [0, 0.1) is 0 Å². The summed E-state index contributed by atoms with van der Waals surface area (Å²) in [5.74, 6) is -0.716. The van der Waals surface area contributed by atoms with E-state index in [4.69, 9.17) is 5.73 Å². The summed E-state index contributed by atoms with van der Waals surface area (Å²) in [6.45, 7) is 0. The lowest BCUT2D eigenvalue weighted by molar-refractivity contribution is -0.137. The number of hydrogen-bond acceptors (Lipinski definition) is 2. The molecule has 3 nitrogen and oxygen atoms in total. The predicted molar refractivity (Wildman–Crippen MR) is 56.3 cm³/mol. The van der Waals surface area contributed by atoms with Crippen molar-refractivity contribution < 1.29 is 18.0 Å². The van der Waals surface area contributed by atoms with Crippen LogP contribution in [0.4, 0.5) is 18.9 Å². The summed E-state index contributed by atoms with van der Waals surface area (Å²) in [6.07, 6.45) is -2.92. The molecule has 0 saturated heterocycles. The van der Waals surface area contributed by atoms with E-state index in [1.165, 1.54) is 0 Å². The second-order valence-corrected chi connectivity index (χ2v) is 4.05. The molecule has 1 fully saturated rings. The molecular weight excluding hydrogens is 233 g/mol. The summed E-state index contributed by atoms with van der Waals surface area (Å²) in [4.78, 5) is 11.6. The van der Waals surface area contributed by atoms with Gasteiger partial charge in [0.15, 0.2) is 0 Å². The lowest BCUT2D eigenvalue weighted by Crippen LogP contribution is -2.28. The molecule has 1 aromatic rings. The van der Waals surface area contributed by atoms with E-state index >= 15 is 0 Å². The van der Waals surface area contributed by atoms with Crippen LogP contribution in [0.25, 0.3) is 0 Å². The maximum absolute atomic E-state index is 12.7. The average Bonchev–Trinajstić information content (AvgIpc) is 2.99. The minimum absolute atomic E-state index is 0.00464. The van der Waals surface area contributed by atoms with Crippen LogP contribution in [0.15, 0.2) is 18.2 Å². The van der Waals surface area contributed by atoms with Gasteiger partial charge in [-0.25, -0.2) is 0 Å². The van der Waals surface area contributed by atoms with Gasteiger partial charge < -0.3 is 11.1 Å². The van der Waals surface area contributed by atoms with E-state index in [2.05, 4.69) is 5.32 Å². The van der Waals surface area contributed by atoms with Gasteiger partial charge in [0.1, 0.15) is 0 Å². The number of hydrogen-bond donors (Lipinski definition) is 2. The highest BCUT2D eigenvalue weighted by molar-refractivity contribution is 5.97. The van der Waals surface area contributed by atoms with Crippen LogP contribution in [0.2, 0.25) is 0 Å². The minimum Gasteiger partial charge on any atom is -0.399 e. The molecule has 1 amide bonds. The summed E-state index contributed by atoms with van der Waals surface area (Å²) < 4.78 is 38.0. The van der Waals surface area contributed by atoms with E-state index in [0.717, 1.165) is 31.0 Å². The highest BCUT2D eigenvalue weighted by Crippen LogP contribution is 2.33. The van der Waals surface area contributed by atoms with Crippen molar-refractivity contribution in [1.29, 1.82) is 0 Å². The number of anilines is 1. The molecule has 1 aliphatic carbocycles. The van der Waals surface area contributed by atoms with Crippen molar-refractivity contribution in [3.8, 4) is 0 Å². The number of nitrogens with two attached hydrogens (primary N) is 1. The number of rotatable bonds is 2. The molecular formula is C11H11F3N2O. The Balaban J connectivity index is 2.35. The van der Waals surface area contributed by atoms with E-state index in [0.29, 0.717) is 0 Å². The molecule has 6 heteroatoms. The average molecular weight is 244 g/mol. The highest BCUT2D eigenvalue weighted by atomic mass is 19.4. The first-order valence-corrected chi connectivity index (χ1v) is 5.15. The van der Waals surface area contributed by atoms with Gasteiger partial charge in [0, 0.05) is 11.7 Å². The molecule has 1 aromatic carbocycles. The largest absolute Gasteiger partial charge is 0.417 e. The predicted octanol–water partition coefficient (Wildman–Crippen LogP) is 2.18. The number of nitrogens with one attached hydrogen (secondary N) is 1. The molecule has 0 spiro atoms. The van der Waals surface area contributed by atoms with Crippen LogP contribution in [0.5, 0.6) is 0 Å². The fraction of sp³-hybridized carbons (Fsp3) is 0.364. The molecule has 2 rings (SSSR count). The van der Waals surface area contributed by atoms with Gasteiger partial charge in [0.2, 0.25) is 0 Å². The fourth-order valence-electron chi connectivity index (χ4n) is 1.49. The second-order valence-electron chi connectivity index (χ2n) is 4.05. The normalized spacial score (nSPS) is 15.7. The number of nitrogen functional groups attached to an aromatic ring is 1. The monoisotopic (exact) mass is 244 g/mol. The van der Waals surface area contributed by atoms with Crippen molar-refractivity contribution in [3.05, 3.63) is 29.3 Å². The van der Waals surface area contributed by atoms with Gasteiger partial charge in [-0.15, -0.1) is 0 Å². The van der Waals surface area contributed by atoms with Crippen molar-refractivity contribution in [3.63, 3.8) is 0 Å². The molecule has 0 aliphatic heterocycles. The number of alkyl halides is 3. The third kappa shape index (κ3) is 2.69. The van der Waals surface area contributed by atoms with Crippen molar-refractivity contribution in [1.82, 2.24) is 5.32 Å². The van der Waals surface area contributed by atoms with Gasteiger partial charge in [-0.2, -0.15) is 13.2 Å². The van der Waals surface area contributed by atoms with Crippen LogP contribution in [0.1, 0.15) is 28.8 Å². The lowest BCUT2D eigenvalue weighted by atomic mass is 10.1. The molecule has 1 aliphatic rings. The van der Waals surface area contributed by atoms with Crippen LogP contribution in [-0.2, 0) is 6.18 Å². The van der Waals surface area contributed by atoms with Crippen molar-refractivity contribution in [2.75, 3.05) is 5.73 Å². The lowest BCUT2D eigenvalue weighted by Gasteiger charge is -2.13. The SMILES string of the molecule is Nc1ccc(C(F)(F)F)c(C(=O)NC2CC2)c1. The topological polar surface area (TPSA) is 55.1 Å². The van der Waals surface area contributed by atoms with E-state index in [1.54, 1.807) is 0 Å². The standard InChI is InChI=1S/C11H11F3N2O/c12-11(13,14)9-4-1-6(15)5-8(9)10(17)16-7-2-3-7/h1,4-5,7H,2-3,15H2,(H,16,17). The Labute approximate surface area is 95.8 Å². The summed E-state index contributed by atoms with van der Waals surface area (Å²) in [5.41, 5.74) is 4.18. The molecule has 0 heterocycles. The van der Waals surface area contributed by atoms with Crippen LogP contribution in [0.3, 0.4) is 0 Å². The molecule has 1 saturated carbocycles. The molecule has 0 bridgehead atoms. The third-order valence-electron chi connectivity index (χ3n) is 2.51. The molecule has 0 atom stereocenters. The van der Waals surface area contributed by atoms with Gasteiger partial charge >= 0.3 is 6.18 Å².